The van der Waals surface area contributed by atoms with Crippen LogP contribution in [0.25, 0.3) is 10.9 Å². The van der Waals surface area contributed by atoms with E-state index in [-0.39, 0.29) is 0 Å². The average molecular weight is 276 g/mol. The molecular formula is C17H16N4. The summed E-state index contributed by atoms with van der Waals surface area (Å²) in [6.07, 6.45) is 4.64. The van der Waals surface area contributed by atoms with Gasteiger partial charge >= 0.3 is 0 Å². The van der Waals surface area contributed by atoms with Crippen molar-refractivity contribution in [1.82, 2.24) is 9.55 Å². The summed E-state index contributed by atoms with van der Waals surface area (Å²) in [7, 11) is 0. The smallest absolute Gasteiger partial charge is 0.140 e. The zero-order chi connectivity index (χ0) is 14.7. The van der Waals surface area contributed by atoms with Crippen molar-refractivity contribution in [2.75, 3.05) is 6.54 Å². The second kappa shape index (κ2) is 5.78. The minimum Gasteiger partial charge on any atom is -0.343 e. The second-order valence-corrected chi connectivity index (χ2v) is 5.04. The Morgan fingerprint density at radius 3 is 2.86 bits per heavy atom. The van der Waals surface area contributed by atoms with Crippen LogP contribution in [0.1, 0.15) is 16.8 Å². The monoisotopic (exact) mass is 276 g/mol. The topological polar surface area (TPSA) is 67.6 Å². The Labute approximate surface area is 123 Å². The first-order valence-electron chi connectivity index (χ1n) is 6.93. The third-order valence-electron chi connectivity index (χ3n) is 3.56. The van der Waals surface area contributed by atoms with Crippen LogP contribution in [0, 0.1) is 11.3 Å². The second-order valence-electron chi connectivity index (χ2n) is 5.04. The van der Waals surface area contributed by atoms with Gasteiger partial charge in [0, 0.05) is 24.5 Å². The lowest BCUT2D eigenvalue weighted by molar-refractivity contribution is 0.832. The number of aromatic nitrogens is 2. The Morgan fingerprint density at radius 2 is 2.05 bits per heavy atom. The molecule has 0 bridgehead atoms. The highest BCUT2D eigenvalue weighted by Gasteiger charge is 2.04. The molecule has 4 heteroatoms. The van der Waals surface area contributed by atoms with Gasteiger partial charge in [0.2, 0.25) is 0 Å². The molecule has 0 aliphatic heterocycles. The quantitative estimate of drug-likeness (QED) is 0.796. The fraction of sp³-hybridized carbons (Fsp3) is 0.176. The molecule has 3 aromatic rings. The Kier molecular flexibility index (Phi) is 3.67. The molecule has 2 N–H and O–H groups in total. The van der Waals surface area contributed by atoms with Gasteiger partial charge in [-0.15, -0.1) is 0 Å². The maximum atomic E-state index is 8.92. The van der Waals surface area contributed by atoms with Crippen LogP contribution < -0.4 is 5.73 Å². The largest absolute Gasteiger partial charge is 0.343 e. The molecule has 0 atom stereocenters. The minimum atomic E-state index is 0.452. The molecule has 104 valence electrons. The van der Waals surface area contributed by atoms with Crippen molar-refractivity contribution in [3.8, 4) is 6.07 Å². The Bertz CT molecular complexity index is 811. The Hall–Kier alpha value is -2.64. The fourth-order valence-corrected chi connectivity index (χ4v) is 2.52. The van der Waals surface area contributed by atoms with Crippen molar-refractivity contribution < 1.29 is 0 Å². The molecule has 0 aliphatic carbocycles. The molecule has 2 heterocycles. The lowest BCUT2D eigenvalue weighted by atomic mass is 10.1. The number of hydrogen-bond acceptors (Lipinski definition) is 3. The van der Waals surface area contributed by atoms with Crippen molar-refractivity contribution >= 4 is 10.9 Å². The van der Waals surface area contributed by atoms with Gasteiger partial charge in [-0.2, -0.15) is 5.26 Å². The first kappa shape index (κ1) is 13.3. The minimum absolute atomic E-state index is 0.452. The van der Waals surface area contributed by atoms with Crippen molar-refractivity contribution in [1.29, 1.82) is 5.26 Å². The summed E-state index contributed by atoms with van der Waals surface area (Å²) in [5.74, 6) is 0. The van der Waals surface area contributed by atoms with E-state index in [0.29, 0.717) is 12.2 Å². The molecule has 4 nitrogen and oxygen atoms in total. The van der Waals surface area contributed by atoms with Crippen molar-refractivity contribution in [3.63, 3.8) is 0 Å². The first-order valence-corrected chi connectivity index (χ1v) is 6.93. The SMILES string of the molecule is N#Cc1cc(Cn2ccc3ccc(CCN)cc32)ccn1. The van der Waals surface area contributed by atoms with E-state index < -0.39 is 0 Å². The van der Waals surface area contributed by atoms with E-state index in [4.69, 9.17) is 11.0 Å². The van der Waals surface area contributed by atoms with E-state index in [9.17, 15) is 0 Å². The molecule has 0 unspecified atom stereocenters. The number of fused-ring (bicyclic) bond motifs is 1. The summed E-state index contributed by atoms with van der Waals surface area (Å²) >= 11 is 0. The number of benzene rings is 1. The number of hydrogen-bond donors (Lipinski definition) is 1. The molecule has 3 rings (SSSR count). The zero-order valence-corrected chi connectivity index (χ0v) is 11.7. The first-order chi connectivity index (χ1) is 10.3. The van der Waals surface area contributed by atoms with Crippen LogP contribution >= 0.6 is 0 Å². The van der Waals surface area contributed by atoms with Crippen LogP contribution in [0.2, 0.25) is 0 Å². The van der Waals surface area contributed by atoms with E-state index in [0.717, 1.165) is 18.5 Å². The highest BCUT2D eigenvalue weighted by atomic mass is 14.9. The zero-order valence-electron chi connectivity index (χ0n) is 11.7. The summed E-state index contributed by atoms with van der Waals surface area (Å²) in [5, 5.41) is 10.1. The van der Waals surface area contributed by atoms with Crippen LogP contribution in [0.3, 0.4) is 0 Å². The predicted octanol–water partition coefficient (Wildman–Crippen LogP) is 2.46. The van der Waals surface area contributed by atoms with Crippen molar-refractivity contribution in [2.24, 2.45) is 5.73 Å². The Morgan fingerprint density at radius 1 is 1.14 bits per heavy atom. The van der Waals surface area contributed by atoms with Gasteiger partial charge in [-0.05, 0) is 53.7 Å². The van der Waals surface area contributed by atoms with Crippen LogP contribution in [0.15, 0.2) is 48.8 Å². The summed E-state index contributed by atoms with van der Waals surface area (Å²) < 4.78 is 2.19. The molecule has 1 aromatic carbocycles. The molecule has 0 aliphatic rings. The van der Waals surface area contributed by atoms with E-state index in [1.807, 2.05) is 12.1 Å². The summed E-state index contributed by atoms with van der Waals surface area (Å²) in [4.78, 5) is 4.00. The molecular weight excluding hydrogens is 260 g/mol. The van der Waals surface area contributed by atoms with E-state index >= 15 is 0 Å². The maximum absolute atomic E-state index is 8.92. The van der Waals surface area contributed by atoms with Crippen LogP contribution in [0.5, 0.6) is 0 Å². The molecule has 21 heavy (non-hydrogen) atoms. The van der Waals surface area contributed by atoms with Gasteiger partial charge in [-0.25, -0.2) is 4.98 Å². The lowest BCUT2D eigenvalue weighted by Gasteiger charge is -2.07. The molecule has 2 aromatic heterocycles. The number of nitrogens with two attached hydrogens (primary N) is 1. The number of nitriles is 1. The van der Waals surface area contributed by atoms with Gasteiger partial charge < -0.3 is 10.3 Å². The predicted molar refractivity (Wildman–Crippen MR) is 82.8 cm³/mol. The number of pyridine rings is 1. The molecule has 0 saturated carbocycles. The lowest BCUT2D eigenvalue weighted by Crippen LogP contribution is -2.03. The van der Waals surface area contributed by atoms with Crippen LogP contribution in [-0.4, -0.2) is 16.1 Å². The number of nitrogens with zero attached hydrogens (tertiary/aromatic N) is 3. The molecule has 0 saturated heterocycles. The van der Waals surface area contributed by atoms with Gasteiger partial charge in [0.1, 0.15) is 11.8 Å². The highest BCUT2D eigenvalue weighted by molar-refractivity contribution is 5.81. The Balaban J connectivity index is 1.96. The highest BCUT2D eigenvalue weighted by Crippen LogP contribution is 2.19. The van der Waals surface area contributed by atoms with E-state index in [1.165, 1.54) is 16.5 Å². The van der Waals surface area contributed by atoms with Gasteiger partial charge in [0.15, 0.2) is 0 Å². The van der Waals surface area contributed by atoms with Gasteiger partial charge in [-0.1, -0.05) is 12.1 Å². The summed E-state index contributed by atoms with van der Waals surface area (Å²) in [5.41, 5.74) is 9.59. The van der Waals surface area contributed by atoms with E-state index in [1.54, 1.807) is 6.20 Å². The third kappa shape index (κ3) is 2.78. The molecule has 0 fully saturated rings. The average Bonchev–Trinajstić information content (AvgIpc) is 2.90. The van der Waals surface area contributed by atoms with Gasteiger partial charge in [-0.3, -0.25) is 0 Å². The van der Waals surface area contributed by atoms with Gasteiger partial charge in [0.25, 0.3) is 0 Å². The molecule has 0 spiro atoms. The van der Waals surface area contributed by atoms with Crippen LogP contribution in [-0.2, 0) is 13.0 Å². The molecule has 0 amide bonds. The number of rotatable bonds is 4. The third-order valence-corrected chi connectivity index (χ3v) is 3.56. The van der Waals surface area contributed by atoms with Crippen molar-refractivity contribution in [3.05, 3.63) is 65.6 Å². The van der Waals surface area contributed by atoms with Crippen molar-refractivity contribution in [2.45, 2.75) is 13.0 Å². The normalized spacial score (nSPS) is 10.7. The summed E-state index contributed by atoms with van der Waals surface area (Å²) in [6.45, 7) is 1.38. The van der Waals surface area contributed by atoms with Crippen LogP contribution in [0.4, 0.5) is 0 Å². The van der Waals surface area contributed by atoms with Gasteiger partial charge in [0.05, 0.1) is 0 Å². The standard InChI is InChI=1S/C17H16N4/c18-6-3-13-1-2-15-5-8-21(17(15)10-13)12-14-4-7-20-16(9-14)11-19/h1-2,4-5,7-10H,3,6,12,18H2. The van der Waals surface area contributed by atoms with E-state index in [2.05, 4.69) is 46.1 Å². The fourth-order valence-electron chi connectivity index (χ4n) is 2.52. The maximum Gasteiger partial charge on any atom is 0.140 e. The summed E-state index contributed by atoms with van der Waals surface area (Å²) in [6, 6.07) is 14.4. The molecule has 0 radical (unpaired) electrons.